The van der Waals surface area contributed by atoms with Crippen molar-refractivity contribution in [1.29, 1.82) is 0 Å². The summed E-state index contributed by atoms with van der Waals surface area (Å²) in [5, 5.41) is 15.0. The van der Waals surface area contributed by atoms with E-state index in [-0.39, 0.29) is 16.6 Å². The summed E-state index contributed by atoms with van der Waals surface area (Å²) in [6.45, 7) is 0. The lowest BCUT2D eigenvalue weighted by Crippen LogP contribution is -2.12. The molecule has 0 spiro atoms. The highest BCUT2D eigenvalue weighted by molar-refractivity contribution is 7.14. The number of carbonyl (C=O) groups is 1. The molecule has 2 aromatic rings. The van der Waals surface area contributed by atoms with E-state index in [9.17, 15) is 19.3 Å². The number of alkyl halides is 1. The number of nitro groups is 1. The van der Waals surface area contributed by atoms with Crippen LogP contribution in [-0.4, -0.2) is 15.8 Å². The maximum Gasteiger partial charge on any atom is 0.273 e. The van der Waals surface area contributed by atoms with E-state index in [4.69, 9.17) is 11.6 Å². The summed E-state index contributed by atoms with van der Waals surface area (Å²) in [5.74, 6) is -1.33. The lowest BCUT2D eigenvalue weighted by atomic mass is 10.2. The van der Waals surface area contributed by atoms with Gasteiger partial charge < -0.3 is 0 Å². The first-order chi connectivity index (χ1) is 9.49. The zero-order valence-corrected chi connectivity index (χ0v) is 11.4. The van der Waals surface area contributed by atoms with Gasteiger partial charge in [0.2, 0.25) is 0 Å². The first kappa shape index (κ1) is 14.4. The molecule has 0 aliphatic rings. The first-order valence-electron chi connectivity index (χ1n) is 5.26. The molecule has 1 aromatic heterocycles. The molecule has 1 aromatic carbocycles. The van der Waals surface area contributed by atoms with Crippen LogP contribution in [0.15, 0.2) is 23.6 Å². The molecular weight excluding hydrogens is 309 g/mol. The van der Waals surface area contributed by atoms with Crippen molar-refractivity contribution in [3.8, 4) is 0 Å². The van der Waals surface area contributed by atoms with Gasteiger partial charge in [-0.1, -0.05) is 0 Å². The summed E-state index contributed by atoms with van der Waals surface area (Å²) in [6.07, 6.45) is 0. The molecule has 1 N–H and O–H groups in total. The van der Waals surface area contributed by atoms with Gasteiger partial charge in [0.25, 0.3) is 11.6 Å². The van der Waals surface area contributed by atoms with Gasteiger partial charge in [-0.2, -0.15) is 0 Å². The highest BCUT2D eigenvalue weighted by Gasteiger charge is 2.15. The average molecular weight is 316 g/mol. The number of carbonyl (C=O) groups excluding carboxylic acids is 1. The predicted octanol–water partition coefficient (Wildman–Crippen LogP) is 3.18. The van der Waals surface area contributed by atoms with Crippen LogP contribution in [0.25, 0.3) is 0 Å². The van der Waals surface area contributed by atoms with Gasteiger partial charge in [0.1, 0.15) is 5.82 Å². The molecule has 0 saturated heterocycles. The van der Waals surface area contributed by atoms with Crippen LogP contribution in [0.5, 0.6) is 0 Å². The van der Waals surface area contributed by atoms with Crippen molar-refractivity contribution in [3.63, 3.8) is 0 Å². The van der Waals surface area contributed by atoms with Crippen molar-refractivity contribution in [2.75, 3.05) is 5.32 Å². The fourth-order valence-electron chi connectivity index (χ4n) is 1.41. The van der Waals surface area contributed by atoms with Crippen LogP contribution < -0.4 is 5.32 Å². The molecular formula is C11H7ClFN3O3S. The number of nitrogens with zero attached hydrogens (tertiary/aromatic N) is 2. The van der Waals surface area contributed by atoms with Gasteiger partial charge in [0, 0.05) is 17.0 Å². The lowest BCUT2D eigenvalue weighted by molar-refractivity contribution is -0.385. The third kappa shape index (κ3) is 3.28. The van der Waals surface area contributed by atoms with Gasteiger partial charge in [-0.15, -0.1) is 22.9 Å². The number of non-ortho nitro benzene ring substituents is 1. The summed E-state index contributed by atoms with van der Waals surface area (Å²) in [5.41, 5.74) is -0.0488. The summed E-state index contributed by atoms with van der Waals surface area (Å²) in [6, 6.07) is 2.65. The number of amides is 1. The Morgan fingerprint density at radius 2 is 2.25 bits per heavy atom. The second-order valence-electron chi connectivity index (χ2n) is 3.69. The van der Waals surface area contributed by atoms with Crippen molar-refractivity contribution >= 4 is 39.7 Å². The predicted molar refractivity (Wildman–Crippen MR) is 72.7 cm³/mol. The van der Waals surface area contributed by atoms with Crippen molar-refractivity contribution in [2.24, 2.45) is 0 Å². The highest BCUT2D eigenvalue weighted by Crippen LogP contribution is 2.20. The lowest BCUT2D eigenvalue weighted by Gasteiger charge is -2.02. The second kappa shape index (κ2) is 5.93. The molecule has 0 aliphatic carbocycles. The monoisotopic (exact) mass is 315 g/mol. The molecule has 1 amide bonds. The van der Waals surface area contributed by atoms with Crippen molar-refractivity contribution in [2.45, 2.75) is 5.88 Å². The minimum Gasteiger partial charge on any atom is -0.298 e. The van der Waals surface area contributed by atoms with Crippen LogP contribution in [0.1, 0.15) is 16.1 Å². The van der Waals surface area contributed by atoms with Gasteiger partial charge in [0.05, 0.1) is 22.6 Å². The van der Waals surface area contributed by atoms with E-state index in [0.29, 0.717) is 5.69 Å². The van der Waals surface area contributed by atoms with Crippen LogP contribution in [0.3, 0.4) is 0 Å². The molecule has 2 rings (SSSR count). The van der Waals surface area contributed by atoms with E-state index in [1.165, 1.54) is 0 Å². The molecule has 20 heavy (non-hydrogen) atoms. The first-order valence-corrected chi connectivity index (χ1v) is 6.67. The maximum atomic E-state index is 13.2. The quantitative estimate of drug-likeness (QED) is 0.533. The fourth-order valence-corrected chi connectivity index (χ4v) is 2.34. The molecule has 0 aliphatic heterocycles. The molecule has 104 valence electrons. The Kier molecular flexibility index (Phi) is 4.26. The maximum absolute atomic E-state index is 13.2. The van der Waals surface area contributed by atoms with E-state index in [2.05, 4.69) is 10.3 Å². The topological polar surface area (TPSA) is 85.1 Å². The molecule has 1 heterocycles. The molecule has 0 bridgehead atoms. The van der Waals surface area contributed by atoms with Crippen molar-refractivity contribution in [1.82, 2.24) is 4.98 Å². The van der Waals surface area contributed by atoms with Gasteiger partial charge in [-0.3, -0.25) is 20.2 Å². The summed E-state index contributed by atoms with van der Waals surface area (Å²) in [7, 11) is 0. The summed E-state index contributed by atoms with van der Waals surface area (Å²) in [4.78, 5) is 25.7. The normalized spacial score (nSPS) is 10.3. The number of nitrogens with one attached hydrogen (secondary N) is 1. The summed E-state index contributed by atoms with van der Waals surface area (Å²) >= 11 is 6.73. The standard InChI is InChI=1S/C11H7ClFN3O3S/c12-4-8-5-20-11(14-8)15-10(17)6-1-7(13)3-9(2-6)16(18)19/h1-3,5H,4H2,(H,14,15,17). The van der Waals surface area contributed by atoms with Gasteiger partial charge in [0.15, 0.2) is 5.13 Å². The molecule has 6 nitrogen and oxygen atoms in total. The minimum absolute atomic E-state index is 0.153. The number of benzene rings is 1. The molecule has 0 unspecified atom stereocenters. The van der Waals surface area contributed by atoms with E-state index >= 15 is 0 Å². The number of anilines is 1. The SMILES string of the molecule is O=C(Nc1nc(CCl)cs1)c1cc(F)cc([N+](=O)[O-])c1. The second-order valence-corrected chi connectivity index (χ2v) is 4.81. The number of nitro benzene ring substituents is 1. The van der Waals surface area contributed by atoms with Crippen LogP contribution >= 0.6 is 22.9 Å². The van der Waals surface area contributed by atoms with Crippen LogP contribution in [-0.2, 0) is 5.88 Å². The van der Waals surface area contributed by atoms with E-state index in [1.54, 1.807) is 5.38 Å². The smallest absolute Gasteiger partial charge is 0.273 e. The average Bonchev–Trinajstić information content (AvgIpc) is 2.85. The Labute approximate surface area is 121 Å². The molecule has 0 saturated carbocycles. The number of aromatic nitrogens is 1. The third-order valence-corrected chi connectivity index (χ3v) is 3.35. The number of thiazole rings is 1. The van der Waals surface area contributed by atoms with Crippen LogP contribution in [0.2, 0.25) is 0 Å². The number of hydrogen-bond donors (Lipinski definition) is 1. The largest absolute Gasteiger partial charge is 0.298 e. The molecule has 0 radical (unpaired) electrons. The molecule has 0 fully saturated rings. The van der Waals surface area contributed by atoms with E-state index < -0.39 is 22.3 Å². The number of halogens is 2. The third-order valence-electron chi connectivity index (χ3n) is 2.26. The van der Waals surface area contributed by atoms with Gasteiger partial charge in [-0.25, -0.2) is 9.37 Å². The molecule has 9 heteroatoms. The zero-order valence-electron chi connectivity index (χ0n) is 9.80. The Balaban J connectivity index is 2.22. The summed E-state index contributed by atoms with van der Waals surface area (Å²) < 4.78 is 13.2. The number of hydrogen-bond acceptors (Lipinski definition) is 5. The fraction of sp³-hybridized carbons (Fsp3) is 0.0909. The highest BCUT2D eigenvalue weighted by atomic mass is 35.5. The van der Waals surface area contributed by atoms with Crippen LogP contribution in [0.4, 0.5) is 15.2 Å². The Hall–Kier alpha value is -2.06. The van der Waals surface area contributed by atoms with Gasteiger partial charge >= 0.3 is 0 Å². The van der Waals surface area contributed by atoms with Crippen molar-refractivity contribution < 1.29 is 14.1 Å². The minimum atomic E-state index is -0.857. The Bertz CT molecular complexity index is 677. The zero-order chi connectivity index (χ0) is 14.7. The van der Waals surface area contributed by atoms with E-state index in [0.717, 1.165) is 29.5 Å². The Morgan fingerprint density at radius 1 is 1.50 bits per heavy atom. The van der Waals surface area contributed by atoms with Crippen LogP contribution in [0, 0.1) is 15.9 Å². The van der Waals surface area contributed by atoms with Gasteiger partial charge in [-0.05, 0) is 6.07 Å². The number of rotatable bonds is 4. The Morgan fingerprint density at radius 3 is 2.85 bits per heavy atom. The van der Waals surface area contributed by atoms with E-state index in [1.807, 2.05) is 0 Å². The van der Waals surface area contributed by atoms with Crippen molar-refractivity contribution in [3.05, 3.63) is 50.8 Å². The molecule has 0 atom stereocenters.